The van der Waals surface area contributed by atoms with Crippen molar-refractivity contribution in [3.8, 4) is 0 Å². The standard InChI is InChI=1S/C14H18O/c1-13(15)9-5-2-3-6-10-14-11-7-4-8-12-14/h2-4,7-8,11-12H,5-6,9-10H2,1H3/b3-2+. The Balaban J connectivity index is 2.14. The van der Waals surface area contributed by atoms with Crippen molar-refractivity contribution in [1.29, 1.82) is 0 Å². The summed E-state index contributed by atoms with van der Waals surface area (Å²) in [7, 11) is 0. The van der Waals surface area contributed by atoms with Crippen molar-refractivity contribution in [2.45, 2.75) is 32.6 Å². The second-order valence-corrected chi connectivity index (χ2v) is 3.74. The number of Topliss-reactive ketones (excluding diaryl/α,β-unsaturated/α-hetero) is 1. The second kappa shape index (κ2) is 6.99. The largest absolute Gasteiger partial charge is 0.300 e. The first-order valence-corrected chi connectivity index (χ1v) is 5.47. The number of benzene rings is 1. The quantitative estimate of drug-likeness (QED) is 0.645. The van der Waals surface area contributed by atoms with Crippen LogP contribution in [0, 0.1) is 0 Å². The van der Waals surface area contributed by atoms with Gasteiger partial charge < -0.3 is 4.79 Å². The maximum atomic E-state index is 10.7. The third-order valence-corrected chi connectivity index (χ3v) is 2.27. The average Bonchev–Trinajstić information content (AvgIpc) is 2.24. The molecule has 0 spiro atoms. The van der Waals surface area contributed by atoms with Crippen molar-refractivity contribution in [1.82, 2.24) is 0 Å². The zero-order valence-corrected chi connectivity index (χ0v) is 9.28. The van der Waals surface area contributed by atoms with Gasteiger partial charge in [0, 0.05) is 6.42 Å². The Labute approximate surface area is 91.8 Å². The molecule has 0 bridgehead atoms. The van der Waals surface area contributed by atoms with E-state index >= 15 is 0 Å². The van der Waals surface area contributed by atoms with Crippen molar-refractivity contribution < 1.29 is 4.79 Å². The lowest BCUT2D eigenvalue weighted by Gasteiger charge is -1.96. The molecule has 1 heteroatoms. The van der Waals surface area contributed by atoms with Crippen LogP contribution in [-0.2, 0) is 11.2 Å². The Morgan fingerprint density at radius 2 is 1.80 bits per heavy atom. The fraction of sp³-hybridized carbons (Fsp3) is 0.357. The van der Waals surface area contributed by atoms with E-state index in [1.807, 2.05) is 6.07 Å². The van der Waals surface area contributed by atoms with Crippen LogP contribution >= 0.6 is 0 Å². The third kappa shape index (κ3) is 5.84. The van der Waals surface area contributed by atoms with Crippen molar-refractivity contribution in [3.63, 3.8) is 0 Å². The minimum atomic E-state index is 0.266. The summed E-state index contributed by atoms with van der Waals surface area (Å²) in [5.41, 5.74) is 1.37. The monoisotopic (exact) mass is 202 g/mol. The molecular formula is C14H18O. The molecule has 0 saturated carbocycles. The Morgan fingerprint density at radius 3 is 2.47 bits per heavy atom. The highest BCUT2D eigenvalue weighted by atomic mass is 16.1. The summed E-state index contributed by atoms with van der Waals surface area (Å²) in [5.74, 6) is 0.266. The summed E-state index contributed by atoms with van der Waals surface area (Å²) in [6.45, 7) is 1.64. The molecule has 1 aromatic carbocycles. The molecule has 0 fully saturated rings. The van der Waals surface area contributed by atoms with E-state index in [9.17, 15) is 4.79 Å². The van der Waals surface area contributed by atoms with E-state index in [4.69, 9.17) is 0 Å². The number of carbonyl (C=O) groups excluding carboxylic acids is 1. The minimum absolute atomic E-state index is 0.266. The van der Waals surface area contributed by atoms with Gasteiger partial charge in [0.05, 0.1) is 0 Å². The lowest BCUT2D eigenvalue weighted by molar-refractivity contribution is -0.116. The lowest BCUT2D eigenvalue weighted by atomic mass is 10.1. The first kappa shape index (κ1) is 11.7. The van der Waals surface area contributed by atoms with Crippen LogP contribution in [-0.4, -0.2) is 5.78 Å². The van der Waals surface area contributed by atoms with Crippen LogP contribution in [0.25, 0.3) is 0 Å². The first-order valence-electron chi connectivity index (χ1n) is 5.47. The molecule has 0 aliphatic heterocycles. The molecule has 0 N–H and O–H groups in total. The van der Waals surface area contributed by atoms with E-state index in [2.05, 4.69) is 36.4 Å². The summed E-state index contributed by atoms with van der Waals surface area (Å²) < 4.78 is 0. The average molecular weight is 202 g/mol. The van der Waals surface area contributed by atoms with Crippen molar-refractivity contribution >= 4 is 5.78 Å². The summed E-state index contributed by atoms with van der Waals surface area (Å²) >= 11 is 0. The topological polar surface area (TPSA) is 17.1 Å². The second-order valence-electron chi connectivity index (χ2n) is 3.74. The molecule has 0 heterocycles. The predicted octanol–water partition coefficient (Wildman–Crippen LogP) is 3.54. The Morgan fingerprint density at radius 1 is 1.13 bits per heavy atom. The summed E-state index contributed by atoms with van der Waals surface area (Å²) in [5, 5.41) is 0. The molecule has 0 saturated heterocycles. The fourth-order valence-electron chi connectivity index (χ4n) is 1.42. The van der Waals surface area contributed by atoms with Crippen LogP contribution < -0.4 is 0 Å². The van der Waals surface area contributed by atoms with Gasteiger partial charge in [-0.1, -0.05) is 42.5 Å². The number of rotatable bonds is 6. The molecule has 0 radical (unpaired) electrons. The molecule has 1 aromatic rings. The van der Waals surface area contributed by atoms with E-state index < -0.39 is 0 Å². The predicted molar refractivity (Wildman–Crippen MR) is 63.8 cm³/mol. The normalized spacial score (nSPS) is 10.7. The fourth-order valence-corrected chi connectivity index (χ4v) is 1.42. The highest BCUT2D eigenvalue weighted by molar-refractivity contribution is 5.75. The first-order chi connectivity index (χ1) is 7.29. The molecule has 1 nitrogen and oxygen atoms in total. The SMILES string of the molecule is CC(=O)CC/C=C/CCc1ccccc1. The maximum absolute atomic E-state index is 10.7. The molecule has 15 heavy (non-hydrogen) atoms. The Kier molecular flexibility index (Phi) is 5.46. The van der Waals surface area contributed by atoms with Crippen molar-refractivity contribution in [2.75, 3.05) is 0 Å². The van der Waals surface area contributed by atoms with Gasteiger partial charge in [-0.05, 0) is 31.7 Å². The lowest BCUT2D eigenvalue weighted by Crippen LogP contribution is -1.86. The molecular weight excluding hydrogens is 184 g/mol. The zero-order valence-electron chi connectivity index (χ0n) is 9.28. The number of carbonyl (C=O) groups is 1. The van der Waals surface area contributed by atoms with E-state index in [-0.39, 0.29) is 5.78 Å². The van der Waals surface area contributed by atoms with Crippen LogP contribution in [0.5, 0.6) is 0 Å². The van der Waals surface area contributed by atoms with Crippen LogP contribution in [0.3, 0.4) is 0 Å². The van der Waals surface area contributed by atoms with Crippen LogP contribution in [0.15, 0.2) is 42.5 Å². The smallest absolute Gasteiger partial charge is 0.130 e. The van der Waals surface area contributed by atoms with Gasteiger partial charge in [0.15, 0.2) is 0 Å². The minimum Gasteiger partial charge on any atom is -0.300 e. The van der Waals surface area contributed by atoms with Gasteiger partial charge in [-0.2, -0.15) is 0 Å². The molecule has 0 unspecified atom stereocenters. The van der Waals surface area contributed by atoms with Gasteiger partial charge in [0.25, 0.3) is 0 Å². The van der Waals surface area contributed by atoms with Gasteiger partial charge in [-0.25, -0.2) is 0 Å². The number of hydrogen-bond donors (Lipinski definition) is 0. The van der Waals surface area contributed by atoms with Crippen molar-refractivity contribution in [3.05, 3.63) is 48.0 Å². The van der Waals surface area contributed by atoms with E-state index in [1.54, 1.807) is 6.92 Å². The van der Waals surface area contributed by atoms with E-state index in [0.29, 0.717) is 6.42 Å². The number of hydrogen-bond acceptors (Lipinski definition) is 1. The van der Waals surface area contributed by atoms with Gasteiger partial charge >= 0.3 is 0 Å². The van der Waals surface area contributed by atoms with Gasteiger partial charge in [0.2, 0.25) is 0 Å². The molecule has 1 rings (SSSR count). The van der Waals surface area contributed by atoms with Crippen LogP contribution in [0.4, 0.5) is 0 Å². The van der Waals surface area contributed by atoms with Gasteiger partial charge in [-0.15, -0.1) is 0 Å². The highest BCUT2D eigenvalue weighted by Crippen LogP contribution is 2.03. The number of allylic oxidation sites excluding steroid dienone is 2. The molecule has 0 aliphatic rings. The maximum Gasteiger partial charge on any atom is 0.130 e. The Bertz CT molecular complexity index is 311. The number of aryl methyl sites for hydroxylation is 1. The molecule has 0 aliphatic carbocycles. The third-order valence-electron chi connectivity index (χ3n) is 2.27. The summed E-state index contributed by atoms with van der Waals surface area (Å²) in [6.07, 6.45) is 7.95. The molecule has 0 atom stereocenters. The summed E-state index contributed by atoms with van der Waals surface area (Å²) in [4.78, 5) is 10.7. The zero-order chi connectivity index (χ0) is 10.9. The number of ketones is 1. The van der Waals surface area contributed by atoms with Crippen LogP contribution in [0.1, 0.15) is 31.7 Å². The van der Waals surface area contributed by atoms with Crippen molar-refractivity contribution in [2.24, 2.45) is 0 Å². The van der Waals surface area contributed by atoms with Gasteiger partial charge in [0.1, 0.15) is 5.78 Å². The summed E-state index contributed by atoms with van der Waals surface area (Å²) in [6, 6.07) is 10.4. The van der Waals surface area contributed by atoms with E-state index in [0.717, 1.165) is 19.3 Å². The van der Waals surface area contributed by atoms with Crippen LogP contribution in [0.2, 0.25) is 0 Å². The molecule has 80 valence electrons. The van der Waals surface area contributed by atoms with Gasteiger partial charge in [-0.3, -0.25) is 0 Å². The van der Waals surface area contributed by atoms with E-state index in [1.165, 1.54) is 5.56 Å². The highest BCUT2D eigenvalue weighted by Gasteiger charge is 1.90. The molecule has 0 aromatic heterocycles. The Hall–Kier alpha value is -1.37. The molecule has 0 amide bonds.